The van der Waals surface area contributed by atoms with Gasteiger partial charge in [-0.1, -0.05) is 13.3 Å². The molecule has 0 spiro atoms. The first-order chi connectivity index (χ1) is 6.14. The second-order valence-electron chi connectivity index (χ2n) is 4.47. The standard InChI is InChI=1S/C10H19NOS/c1-7-10(12,5-6-13-7)9(11)8-3-2-4-8/h7-9,12H,2-6,11H2,1H3. The molecule has 2 nitrogen and oxygen atoms in total. The van der Waals surface area contributed by atoms with Crippen molar-refractivity contribution in [3.05, 3.63) is 0 Å². The van der Waals surface area contributed by atoms with Crippen LogP contribution in [-0.2, 0) is 0 Å². The van der Waals surface area contributed by atoms with Gasteiger partial charge in [0.2, 0.25) is 0 Å². The smallest absolute Gasteiger partial charge is 0.0923 e. The Morgan fingerprint density at radius 3 is 2.62 bits per heavy atom. The molecule has 2 fully saturated rings. The first-order valence-electron chi connectivity index (χ1n) is 5.24. The molecule has 3 unspecified atom stereocenters. The lowest BCUT2D eigenvalue weighted by Gasteiger charge is -2.41. The minimum Gasteiger partial charge on any atom is -0.387 e. The molecule has 3 atom stereocenters. The third-order valence-corrected chi connectivity index (χ3v) is 5.16. The SMILES string of the molecule is CC1SCCC1(O)C(N)C1CCC1. The van der Waals surface area contributed by atoms with Crippen molar-refractivity contribution in [2.75, 3.05) is 5.75 Å². The van der Waals surface area contributed by atoms with Crippen molar-refractivity contribution in [2.24, 2.45) is 11.7 Å². The minimum absolute atomic E-state index is 0.0197. The summed E-state index contributed by atoms with van der Waals surface area (Å²) in [5, 5.41) is 10.7. The summed E-state index contributed by atoms with van der Waals surface area (Å²) in [5.41, 5.74) is 5.57. The summed E-state index contributed by atoms with van der Waals surface area (Å²) in [6.07, 6.45) is 4.63. The highest BCUT2D eigenvalue weighted by atomic mass is 32.2. The molecule has 1 aliphatic heterocycles. The Morgan fingerprint density at radius 1 is 1.54 bits per heavy atom. The van der Waals surface area contributed by atoms with Gasteiger partial charge in [0.1, 0.15) is 0 Å². The van der Waals surface area contributed by atoms with Gasteiger partial charge in [0.05, 0.1) is 5.60 Å². The van der Waals surface area contributed by atoms with Crippen LogP contribution in [0.1, 0.15) is 32.6 Å². The van der Waals surface area contributed by atoms with Gasteiger partial charge in [-0.3, -0.25) is 0 Å². The number of thioether (sulfide) groups is 1. The Bertz CT molecular complexity index is 195. The van der Waals surface area contributed by atoms with Crippen LogP contribution < -0.4 is 5.73 Å². The monoisotopic (exact) mass is 201 g/mol. The van der Waals surface area contributed by atoms with Gasteiger partial charge in [-0.2, -0.15) is 11.8 Å². The summed E-state index contributed by atoms with van der Waals surface area (Å²) in [4.78, 5) is 0. The summed E-state index contributed by atoms with van der Waals surface area (Å²) in [6, 6.07) is 0.0197. The normalized spacial score (nSPS) is 43.2. The molecule has 0 aromatic heterocycles. The van der Waals surface area contributed by atoms with Crippen molar-refractivity contribution in [3.63, 3.8) is 0 Å². The van der Waals surface area contributed by atoms with E-state index in [0.29, 0.717) is 11.2 Å². The molecule has 1 heterocycles. The van der Waals surface area contributed by atoms with Gasteiger partial charge in [0, 0.05) is 11.3 Å². The Morgan fingerprint density at radius 2 is 2.23 bits per heavy atom. The predicted molar refractivity (Wildman–Crippen MR) is 56.8 cm³/mol. The van der Waals surface area contributed by atoms with E-state index in [2.05, 4.69) is 6.92 Å². The Balaban J connectivity index is 2.03. The molecule has 2 aliphatic rings. The van der Waals surface area contributed by atoms with E-state index in [1.807, 2.05) is 11.8 Å². The highest BCUT2D eigenvalue weighted by molar-refractivity contribution is 8.00. The fraction of sp³-hybridized carbons (Fsp3) is 1.00. The largest absolute Gasteiger partial charge is 0.387 e. The fourth-order valence-electron chi connectivity index (χ4n) is 2.39. The molecule has 0 radical (unpaired) electrons. The van der Waals surface area contributed by atoms with Crippen LogP contribution in [0.4, 0.5) is 0 Å². The molecule has 13 heavy (non-hydrogen) atoms. The van der Waals surface area contributed by atoms with E-state index in [9.17, 15) is 5.11 Å². The summed E-state index contributed by atoms with van der Waals surface area (Å²) >= 11 is 1.85. The van der Waals surface area contributed by atoms with Gasteiger partial charge in [-0.25, -0.2) is 0 Å². The molecule has 3 heteroatoms. The van der Waals surface area contributed by atoms with Gasteiger partial charge in [-0.05, 0) is 30.9 Å². The second-order valence-corrected chi connectivity index (χ2v) is 5.92. The lowest BCUT2D eigenvalue weighted by Crippen LogP contribution is -2.56. The molecular weight excluding hydrogens is 182 g/mol. The van der Waals surface area contributed by atoms with E-state index in [-0.39, 0.29) is 6.04 Å². The van der Waals surface area contributed by atoms with Gasteiger partial charge < -0.3 is 10.8 Å². The van der Waals surface area contributed by atoms with Crippen molar-refractivity contribution >= 4 is 11.8 Å². The number of aliphatic hydroxyl groups is 1. The lowest BCUT2D eigenvalue weighted by atomic mass is 9.72. The Kier molecular flexibility index (Phi) is 2.60. The molecule has 0 amide bonds. The topological polar surface area (TPSA) is 46.2 Å². The average Bonchev–Trinajstić information content (AvgIpc) is 2.30. The third-order valence-electron chi connectivity index (χ3n) is 3.81. The average molecular weight is 201 g/mol. The number of nitrogens with two attached hydrogens (primary N) is 1. The molecule has 0 aromatic rings. The maximum Gasteiger partial charge on any atom is 0.0923 e. The van der Waals surface area contributed by atoms with Crippen LogP contribution in [0.3, 0.4) is 0 Å². The first-order valence-corrected chi connectivity index (χ1v) is 6.29. The van der Waals surface area contributed by atoms with Crippen LogP contribution in [0.2, 0.25) is 0 Å². The van der Waals surface area contributed by atoms with E-state index < -0.39 is 5.60 Å². The maximum absolute atomic E-state index is 10.4. The summed E-state index contributed by atoms with van der Waals surface area (Å²) in [6.45, 7) is 2.11. The lowest BCUT2D eigenvalue weighted by molar-refractivity contribution is -0.0135. The highest BCUT2D eigenvalue weighted by Crippen LogP contribution is 2.43. The molecule has 3 N–H and O–H groups in total. The number of rotatable bonds is 2. The van der Waals surface area contributed by atoms with Crippen LogP contribution in [-0.4, -0.2) is 27.8 Å². The van der Waals surface area contributed by atoms with Gasteiger partial charge in [-0.15, -0.1) is 0 Å². The molecule has 1 aliphatic carbocycles. The van der Waals surface area contributed by atoms with E-state index in [0.717, 1.165) is 12.2 Å². The molecule has 0 bridgehead atoms. The number of hydrogen-bond donors (Lipinski definition) is 2. The minimum atomic E-state index is -0.574. The second kappa shape index (κ2) is 3.44. The van der Waals surface area contributed by atoms with E-state index in [4.69, 9.17) is 5.73 Å². The van der Waals surface area contributed by atoms with Crippen molar-refractivity contribution in [3.8, 4) is 0 Å². The first kappa shape index (κ1) is 9.81. The fourth-order valence-corrected chi connectivity index (χ4v) is 3.75. The zero-order chi connectivity index (χ0) is 9.47. The zero-order valence-corrected chi connectivity index (χ0v) is 9.02. The quantitative estimate of drug-likeness (QED) is 0.709. The van der Waals surface area contributed by atoms with Gasteiger partial charge in [0.15, 0.2) is 0 Å². The van der Waals surface area contributed by atoms with Crippen LogP contribution >= 0.6 is 11.8 Å². The Hall–Kier alpha value is 0.270. The van der Waals surface area contributed by atoms with E-state index in [1.54, 1.807) is 0 Å². The van der Waals surface area contributed by atoms with Gasteiger partial charge >= 0.3 is 0 Å². The zero-order valence-electron chi connectivity index (χ0n) is 8.20. The summed E-state index contributed by atoms with van der Waals surface area (Å²) in [7, 11) is 0. The highest BCUT2D eigenvalue weighted by Gasteiger charge is 2.47. The van der Waals surface area contributed by atoms with Crippen molar-refractivity contribution in [1.29, 1.82) is 0 Å². The van der Waals surface area contributed by atoms with E-state index in [1.165, 1.54) is 19.3 Å². The molecule has 2 rings (SSSR count). The predicted octanol–water partition coefficient (Wildman–Crippen LogP) is 1.37. The Labute approximate surface area is 84.3 Å². The van der Waals surface area contributed by atoms with Crippen LogP contribution in [0.25, 0.3) is 0 Å². The van der Waals surface area contributed by atoms with E-state index >= 15 is 0 Å². The summed E-state index contributed by atoms with van der Waals surface area (Å²) < 4.78 is 0. The van der Waals surface area contributed by atoms with Crippen molar-refractivity contribution < 1.29 is 5.11 Å². The summed E-state index contributed by atoms with van der Waals surface area (Å²) in [5.74, 6) is 1.66. The third kappa shape index (κ3) is 1.51. The molecule has 0 aromatic carbocycles. The van der Waals surface area contributed by atoms with Crippen LogP contribution in [0, 0.1) is 5.92 Å². The number of hydrogen-bond acceptors (Lipinski definition) is 3. The molecule has 76 valence electrons. The molecule has 1 saturated heterocycles. The maximum atomic E-state index is 10.4. The van der Waals surface area contributed by atoms with Crippen molar-refractivity contribution in [2.45, 2.75) is 49.5 Å². The van der Waals surface area contributed by atoms with Gasteiger partial charge in [0.25, 0.3) is 0 Å². The molecule has 1 saturated carbocycles. The van der Waals surface area contributed by atoms with Crippen LogP contribution in [0.5, 0.6) is 0 Å². The molecular formula is C10H19NOS. The van der Waals surface area contributed by atoms with Crippen LogP contribution in [0.15, 0.2) is 0 Å². The van der Waals surface area contributed by atoms with Crippen molar-refractivity contribution in [1.82, 2.24) is 0 Å².